The molecule has 0 aliphatic carbocycles. The van der Waals surface area contributed by atoms with Gasteiger partial charge in [0.05, 0.1) is 0 Å². The Kier molecular flexibility index (Phi) is 7.06. The molecule has 0 saturated carbocycles. The molecule has 0 bridgehead atoms. The molecule has 0 radical (unpaired) electrons. The second kappa shape index (κ2) is 5.23. The van der Waals surface area contributed by atoms with E-state index in [1.165, 1.54) is 0 Å². The Balaban J connectivity index is 0. The molecule has 0 amide bonds. The first kappa shape index (κ1) is 12.1. The van der Waals surface area contributed by atoms with Crippen LogP contribution in [0, 0.1) is 0 Å². The molecule has 0 aromatic heterocycles. The topological polar surface area (TPSA) is 38.0 Å². The lowest BCUT2D eigenvalue weighted by Crippen LogP contribution is -2.29. The van der Waals surface area contributed by atoms with E-state index in [0.717, 1.165) is 0 Å². The summed E-state index contributed by atoms with van der Waals surface area (Å²) in [6.07, 6.45) is -0.819. The lowest BCUT2D eigenvalue weighted by Gasteiger charge is -1.99. The quantitative estimate of drug-likeness (QED) is 0.550. The Bertz CT molecular complexity index is 65.6. The summed E-state index contributed by atoms with van der Waals surface area (Å²) in [6.45, 7) is 1.06. The van der Waals surface area contributed by atoms with Crippen molar-refractivity contribution in [2.45, 2.75) is 12.2 Å². The van der Waals surface area contributed by atoms with Gasteiger partial charge >= 0.3 is 0 Å². The van der Waals surface area contributed by atoms with Crippen molar-refractivity contribution in [3.63, 3.8) is 0 Å². The number of halogens is 3. The fourth-order valence-corrected chi connectivity index (χ4v) is 0.667. The molecule has 1 rings (SSSR count). The third-order valence-corrected chi connectivity index (χ3v) is 1.18. The van der Waals surface area contributed by atoms with Crippen molar-refractivity contribution in [1.29, 1.82) is 0 Å². The summed E-state index contributed by atoms with van der Waals surface area (Å²) in [5, 5.41) is 2.82. The summed E-state index contributed by atoms with van der Waals surface area (Å²) < 4.78 is 12.1. The fourth-order valence-electron chi connectivity index (χ4n) is 0.667. The minimum absolute atomic E-state index is 0. The Morgan fingerprint density at radius 1 is 1.33 bits per heavy atom. The fraction of sp³-hybridized carbons (Fsp3) is 1.00. The van der Waals surface area contributed by atoms with Gasteiger partial charge in [-0.3, -0.25) is 0 Å². The third-order valence-electron chi connectivity index (χ3n) is 1.18. The van der Waals surface area contributed by atoms with E-state index in [1.807, 2.05) is 0 Å². The van der Waals surface area contributed by atoms with E-state index in [2.05, 4.69) is 5.32 Å². The van der Waals surface area contributed by atoms with Gasteiger partial charge in [-0.05, 0) is 0 Å². The first-order valence-electron chi connectivity index (χ1n) is 2.41. The molecule has 3 N–H and O–H groups in total. The largest absolute Gasteiger partial charge is 0.324 e. The summed E-state index contributed by atoms with van der Waals surface area (Å²) >= 11 is 0. The molecule has 0 unspecified atom stereocenters. The second-order valence-corrected chi connectivity index (χ2v) is 1.84. The molecule has 0 aromatic rings. The lowest BCUT2D eigenvalue weighted by atomic mass is 10.3. The van der Waals surface area contributed by atoms with Crippen molar-refractivity contribution in [1.82, 2.24) is 5.32 Å². The van der Waals surface area contributed by atoms with E-state index in [1.54, 1.807) is 0 Å². The second-order valence-electron chi connectivity index (χ2n) is 1.84. The number of nitrogens with two attached hydrogens (primary N) is 1. The van der Waals surface area contributed by atoms with Gasteiger partial charge in [0.15, 0.2) is 0 Å². The first-order valence-corrected chi connectivity index (χ1v) is 2.41. The summed E-state index contributed by atoms with van der Waals surface area (Å²) in [4.78, 5) is 0. The van der Waals surface area contributed by atoms with Gasteiger partial charge in [0.25, 0.3) is 0 Å². The number of hydrogen-bond acceptors (Lipinski definition) is 2. The minimum atomic E-state index is -0.819. The third kappa shape index (κ3) is 3.20. The molecule has 1 fully saturated rings. The van der Waals surface area contributed by atoms with Crippen molar-refractivity contribution in [3.8, 4) is 0 Å². The number of rotatable bonds is 0. The van der Waals surface area contributed by atoms with Gasteiger partial charge < -0.3 is 11.1 Å². The monoisotopic (exact) mass is 176 g/mol. The molecule has 1 heterocycles. The molecule has 1 aliphatic heterocycles. The lowest BCUT2D eigenvalue weighted by molar-refractivity contribution is 0.332. The minimum Gasteiger partial charge on any atom is -0.324 e. The summed E-state index contributed by atoms with van der Waals surface area (Å²) in [5.74, 6) is 0. The van der Waals surface area contributed by atoms with Gasteiger partial charge in [-0.15, -0.1) is 24.8 Å². The van der Waals surface area contributed by atoms with Crippen molar-refractivity contribution < 1.29 is 4.39 Å². The normalized spacial score (nSPS) is 32.7. The highest BCUT2D eigenvalue weighted by Gasteiger charge is 2.21. The predicted octanol–water partition coefficient (Wildman–Crippen LogP) is 0.0986. The number of alkyl halides is 1. The van der Waals surface area contributed by atoms with Gasteiger partial charge in [0, 0.05) is 19.1 Å². The molecule has 9 heavy (non-hydrogen) atoms. The highest BCUT2D eigenvalue weighted by molar-refractivity contribution is 5.85. The van der Waals surface area contributed by atoms with E-state index in [-0.39, 0.29) is 30.9 Å². The predicted molar refractivity (Wildman–Crippen MR) is 40.2 cm³/mol. The molecule has 2 atom stereocenters. The van der Waals surface area contributed by atoms with Crippen LogP contribution < -0.4 is 11.1 Å². The van der Waals surface area contributed by atoms with Crippen LogP contribution in [0.3, 0.4) is 0 Å². The standard InChI is InChI=1S/C4H9FN2.2ClH/c5-3-1-7-2-4(3)6;;/h3-4,7H,1-2,6H2;2*1H/t3-,4-;;/m0../s1. The van der Waals surface area contributed by atoms with Crippen LogP contribution in [-0.2, 0) is 0 Å². The Hall–Kier alpha value is 0.430. The van der Waals surface area contributed by atoms with E-state index < -0.39 is 6.17 Å². The van der Waals surface area contributed by atoms with E-state index >= 15 is 0 Å². The van der Waals surface area contributed by atoms with Gasteiger partial charge in [0.2, 0.25) is 0 Å². The molecular formula is C4H11Cl2FN2. The van der Waals surface area contributed by atoms with Crippen molar-refractivity contribution in [3.05, 3.63) is 0 Å². The number of nitrogens with one attached hydrogen (secondary N) is 1. The van der Waals surface area contributed by atoms with Gasteiger partial charge in [0.1, 0.15) is 6.17 Å². The van der Waals surface area contributed by atoms with Crippen LogP contribution in [0.2, 0.25) is 0 Å². The maximum Gasteiger partial charge on any atom is 0.129 e. The van der Waals surface area contributed by atoms with Crippen molar-refractivity contribution in [2.75, 3.05) is 13.1 Å². The Morgan fingerprint density at radius 3 is 2.00 bits per heavy atom. The molecule has 0 aromatic carbocycles. The first-order chi connectivity index (χ1) is 3.30. The molecule has 2 nitrogen and oxygen atoms in total. The van der Waals surface area contributed by atoms with Crippen molar-refractivity contribution >= 4 is 24.8 Å². The maximum absolute atomic E-state index is 12.1. The molecule has 5 heteroatoms. The average Bonchev–Trinajstić information content (AvgIpc) is 1.91. The SMILES string of the molecule is Cl.Cl.N[C@H]1CNC[C@@H]1F. The zero-order valence-corrected chi connectivity index (χ0v) is 6.47. The zero-order valence-electron chi connectivity index (χ0n) is 4.84. The summed E-state index contributed by atoms with van der Waals surface area (Å²) in [5.41, 5.74) is 5.24. The summed E-state index contributed by atoms with van der Waals surface area (Å²) in [6, 6.07) is -0.264. The molecule has 58 valence electrons. The van der Waals surface area contributed by atoms with E-state index in [4.69, 9.17) is 5.73 Å². The Morgan fingerprint density at radius 2 is 1.89 bits per heavy atom. The smallest absolute Gasteiger partial charge is 0.129 e. The van der Waals surface area contributed by atoms with Crippen LogP contribution in [0.4, 0.5) is 4.39 Å². The highest BCUT2D eigenvalue weighted by Crippen LogP contribution is 1.99. The van der Waals surface area contributed by atoms with Crippen LogP contribution in [0.15, 0.2) is 0 Å². The van der Waals surface area contributed by atoms with Crippen molar-refractivity contribution in [2.24, 2.45) is 5.73 Å². The Labute approximate surface area is 66.2 Å². The van der Waals surface area contributed by atoms with Crippen LogP contribution >= 0.6 is 24.8 Å². The van der Waals surface area contributed by atoms with Crippen LogP contribution in [0.1, 0.15) is 0 Å². The molecule has 0 spiro atoms. The summed E-state index contributed by atoms with van der Waals surface area (Å²) in [7, 11) is 0. The maximum atomic E-state index is 12.1. The van der Waals surface area contributed by atoms with E-state index in [9.17, 15) is 4.39 Å². The van der Waals surface area contributed by atoms with Crippen LogP contribution in [0.25, 0.3) is 0 Å². The molecule has 1 saturated heterocycles. The van der Waals surface area contributed by atoms with Gasteiger partial charge in [-0.2, -0.15) is 0 Å². The van der Waals surface area contributed by atoms with Crippen LogP contribution in [0.5, 0.6) is 0 Å². The van der Waals surface area contributed by atoms with Gasteiger partial charge in [-0.25, -0.2) is 4.39 Å². The zero-order chi connectivity index (χ0) is 5.28. The van der Waals surface area contributed by atoms with Gasteiger partial charge in [-0.1, -0.05) is 0 Å². The average molecular weight is 177 g/mol. The number of hydrogen-bond donors (Lipinski definition) is 2. The van der Waals surface area contributed by atoms with Crippen LogP contribution in [-0.4, -0.2) is 25.3 Å². The molecular weight excluding hydrogens is 166 g/mol. The van der Waals surface area contributed by atoms with E-state index in [0.29, 0.717) is 13.1 Å². The highest BCUT2D eigenvalue weighted by atomic mass is 35.5. The molecule has 1 aliphatic rings.